The van der Waals surface area contributed by atoms with Crippen molar-refractivity contribution in [3.05, 3.63) is 48.0 Å². The Morgan fingerprint density at radius 1 is 1.17 bits per heavy atom. The predicted octanol–water partition coefficient (Wildman–Crippen LogP) is 3.33. The van der Waals surface area contributed by atoms with Gasteiger partial charge >= 0.3 is 0 Å². The third kappa shape index (κ3) is 5.11. The second-order valence-electron chi connectivity index (χ2n) is 6.58. The van der Waals surface area contributed by atoms with Gasteiger partial charge in [-0.1, -0.05) is 59.5 Å². The Kier molecular flexibility index (Phi) is 6.38. The van der Waals surface area contributed by atoms with E-state index in [0.717, 1.165) is 30.2 Å². The van der Waals surface area contributed by atoms with Crippen LogP contribution in [-0.2, 0) is 9.53 Å². The van der Waals surface area contributed by atoms with Crippen molar-refractivity contribution < 1.29 is 14.3 Å². The molecule has 1 atom stereocenters. The Labute approximate surface area is 176 Å². The van der Waals surface area contributed by atoms with Gasteiger partial charge in [-0.25, -0.2) is 0 Å². The summed E-state index contributed by atoms with van der Waals surface area (Å²) in [6.45, 7) is 1.31. The topological polar surface area (TPSA) is 93.2 Å². The van der Waals surface area contributed by atoms with Crippen LogP contribution in [-0.4, -0.2) is 47.0 Å². The van der Waals surface area contributed by atoms with Crippen LogP contribution < -0.4 is 10.6 Å². The molecule has 1 aliphatic heterocycles. The average molecular weight is 429 g/mol. The summed E-state index contributed by atoms with van der Waals surface area (Å²) in [5, 5.41) is 16.0. The van der Waals surface area contributed by atoms with E-state index in [1.165, 1.54) is 23.1 Å². The van der Waals surface area contributed by atoms with Gasteiger partial charge in [0.1, 0.15) is 0 Å². The summed E-state index contributed by atoms with van der Waals surface area (Å²) in [5.74, 6) is -0.0515. The standard InChI is InChI=1S/C20H20N4O3S2/c25-17(21-11-14-7-4-10-27-14)12-28-20-24-23-19(29-20)22-18(26)16-9-3-6-13-5-1-2-8-15(13)16/h1-3,5-6,8-9,14H,4,7,10-12H2,(H,21,25)(H,22,23,26)/t14-/m1/s1. The molecule has 9 heteroatoms. The van der Waals surface area contributed by atoms with E-state index in [1.54, 1.807) is 6.07 Å². The molecule has 0 saturated carbocycles. The van der Waals surface area contributed by atoms with Gasteiger partial charge in [-0.05, 0) is 29.7 Å². The van der Waals surface area contributed by atoms with E-state index in [1.807, 2.05) is 36.4 Å². The SMILES string of the molecule is O=C(CSc1nnc(NC(=O)c2cccc3ccccc23)s1)NC[C@H]1CCCO1. The number of carbonyl (C=O) groups excluding carboxylic acids is 2. The largest absolute Gasteiger partial charge is 0.376 e. The molecular weight excluding hydrogens is 408 g/mol. The van der Waals surface area contributed by atoms with E-state index in [-0.39, 0.29) is 23.7 Å². The van der Waals surface area contributed by atoms with E-state index in [0.29, 0.717) is 21.6 Å². The van der Waals surface area contributed by atoms with Gasteiger partial charge in [0.25, 0.3) is 5.91 Å². The Balaban J connectivity index is 1.30. The molecule has 0 bridgehead atoms. The molecule has 1 aromatic heterocycles. The van der Waals surface area contributed by atoms with Crippen LogP contribution in [0.3, 0.4) is 0 Å². The van der Waals surface area contributed by atoms with Gasteiger partial charge in [0, 0.05) is 18.7 Å². The molecule has 0 aliphatic carbocycles. The number of thioether (sulfide) groups is 1. The molecule has 3 aromatic rings. The lowest BCUT2D eigenvalue weighted by molar-refractivity contribution is -0.119. The fourth-order valence-electron chi connectivity index (χ4n) is 3.12. The van der Waals surface area contributed by atoms with Crippen LogP contribution in [0.25, 0.3) is 10.8 Å². The highest BCUT2D eigenvalue weighted by molar-refractivity contribution is 8.01. The minimum atomic E-state index is -0.233. The van der Waals surface area contributed by atoms with E-state index >= 15 is 0 Å². The molecular formula is C20H20N4O3S2. The number of amides is 2. The summed E-state index contributed by atoms with van der Waals surface area (Å²) < 4.78 is 6.12. The first-order valence-corrected chi connectivity index (χ1v) is 11.1. The van der Waals surface area contributed by atoms with Crippen LogP contribution in [0.2, 0.25) is 0 Å². The molecule has 2 N–H and O–H groups in total. The minimum absolute atomic E-state index is 0.0676. The number of aromatic nitrogens is 2. The number of ether oxygens (including phenoxy) is 1. The summed E-state index contributed by atoms with van der Waals surface area (Å²) in [5.41, 5.74) is 0.584. The van der Waals surface area contributed by atoms with Crippen molar-refractivity contribution in [1.29, 1.82) is 0 Å². The molecule has 7 nitrogen and oxygen atoms in total. The first kappa shape index (κ1) is 19.8. The summed E-state index contributed by atoms with van der Waals surface area (Å²) in [7, 11) is 0. The maximum atomic E-state index is 12.7. The number of fused-ring (bicyclic) bond motifs is 1. The average Bonchev–Trinajstić information content (AvgIpc) is 3.42. The van der Waals surface area contributed by atoms with E-state index < -0.39 is 0 Å². The third-order valence-electron chi connectivity index (χ3n) is 4.54. The zero-order valence-corrected chi connectivity index (χ0v) is 17.2. The number of hydrogen-bond acceptors (Lipinski definition) is 7. The van der Waals surface area contributed by atoms with Crippen molar-refractivity contribution in [2.45, 2.75) is 23.3 Å². The van der Waals surface area contributed by atoms with Gasteiger partial charge in [-0.2, -0.15) is 0 Å². The zero-order valence-electron chi connectivity index (χ0n) is 15.6. The van der Waals surface area contributed by atoms with Crippen molar-refractivity contribution in [2.24, 2.45) is 0 Å². The van der Waals surface area contributed by atoms with Gasteiger partial charge in [0.2, 0.25) is 11.0 Å². The number of carbonyl (C=O) groups is 2. The summed E-state index contributed by atoms with van der Waals surface area (Å²) in [6.07, 6.45) is 2.16. The van der Waals surface area contributed by atoms with Crippen LogP contribution in [0.4, 0.5) is 5.13 Å². The minimum Gasteiger partial charge on any atom is -0.376 e. The molecule has 0 spiro atoms. The Morgan fingerprint density at radius 2 is 2.03 bits per heavy atom. The van der Waals surface area contributed by atoms with Crippen molar-refractivity contribution in [3.63, 3.8) is 0 Å². The van der Waals surface area contributed by atoms with E-state index in [4.69, 9.17) is 4.74 Å². The number of benzene rings is 2. The third-order valence-corrected chi connectivity index (χ3v) is 6.51. The van der Waals surface area contributed by atoms with Crippen molar-refractivity contribution >= 4 is 50.8 Å². The normalized spacial score (nSPS) is 16.1. The molecule has 1 saturated heterocycles. The Bertz CT molecular complexity index is 1010. The highest BCUT2D eigenvalue weighted by atomic mass is 32.2. The van der Waals surface area contributed by atoms with Crippen LogP contribution in [0.5, 0.6) is 0 Å². The van der Waals surface area contributed by atoms with Crippen molar-refractivity contribution in [3.8, 4) is 0 Å². The molecule has 2 heterocycles. The molecule has 29 heavy (non-hydrogen) atoms. The smallest absolute Gasteiger partial charge is 0.258 e. The number of nitrogens with zero attached hydrogens (tertiary/aromatic N) is 2. The molecule has 0 radical (unpaired) electrons. The van der Waals surface area contributed by atoms with Crippen LogP contribution in [0, 0.1) is 0 Å². The van der Waals surface area contributed by atoms with Crippen molar-refractivity contribution in [1.82, 2.24) is 15.5 Å². The van der Waals surface area contributed by atoms with E-state index in [2.05, 4.69) is 20.8 Å². The maximum absolute atomic E-state index is 12.7. The molecule has 2 amide bonds. The number of rotatable bonds is 7. The molecule has 0 unspecified atom stereocenters. The van der Waals surface area contributed by atoms with Gasteiger partial charge < -0.3 is 10.1 Å². The maximum Gasteiger partial charge on any atom is 0.258 e. The van der Waals surface area contributed by atoms with Crippen LogP contribution in [0.1, 0.15) is 23.2 Å². The van der Waals surface area contributed by atoms with E-state index in [9.17, 15) is 9.59 Å². The summed E-state index contributed by atoms with van der Waals surface area (Å²) >= 11 is 2.55. The quantitative estimate of drug-likeness (QED) is 0.443. The number of anilines is 1. The molecule has 1 fully saturated rings. The van der Waals surface area contributed by atoms with Gasteiger partial charge in [-0.15, -0.1) is 10.2 Å². The Morgan fingerprint density at radius 3 is 2.90 bits per heavy atom. The monoisotopic (exact) mass is 428 g/mol. The first-order valence-electron chi connectivity index (χ1n) is 9.33. The summed E-state index contributed by atoms with van der Waals surface area (Å²) in [4.78, 5) is 24.6. The lowest BCUT2D eigenvalue weighted by atomic mass is 10.0. The zero-order chi connectivity index (χ0) is 20.1. The number of hydrogen-bond donors (Lipinski definition) is 2. The van der Waals surface area contributed by atoms with Gasteiger partial charge in [0.05, 0.1) is 11.9 Å². The summed E-state index contributed by atoms with van der Waals surface area (Å²) in [6, 6.07) is 13.3. The number of nitrogens with one attached hydrogen (secondary N) is 2. The highest BCUT2D eigenvalue weighted by Gasteiger charge is 2.17. The molecule has 4 rings (SSSR count). The first-order chi connectivity index (χ1) is 14.2. The van der Waals surface area contributed by atoms with Crippen LogP contribution >= 0.6 is 23.1 Å². The van der Waals surface area contributed by atoms with Crippen LogP contribution in [0.15, 0.2) is 46.8 Å². The fraction of sp³-hybridized carbons (Fsp3) is 0.300. The molecule has 150 valence electrons. The second-order valence-corrected chi connectivity index (χ2v) is 8.78. The van der Waals surface area contributed by atoms with Crippen molar-refractivity contribution in [2.75, 3.05) is 24.2 Å². The van der Waals surface area contributed by atoms with Gasteiger partial charge in [-0.3, -0.25) is 14.9 Å². The predicted molar refractivity (Wildman–Crippen MR) is 115 cm³/mol. The Hall–Kier alpha value is -2.49. The lowest BCUT2D eigenvalue weighted by Gasteiger charge is -2.09. The second kappa shape index (κ2) is 9.34. The van der Waals surface area contributed by atoms with Gasteiger partial charge in [0.15, 0.2) is 4.34 Å². The fourth-order valence-corrected chi connectivity index (χ4v) is 4.69. The highest BCUT2D eigenvalue weighted by Crippen LogP contribution is 2.26. The molecule has 2 aromatic carbocycles. The lowest BCUT2D eigenvalue weighted by Crippen LogP contribution is -2.32. The molecule has 1 aliphatic rings.